The van der Waals surface area contributed by atoms with E-state index in [9.17, 15) is 5.11 Å². The van der Waals surface area contributed by atoms with Crippen LogP contribution in [0.5, 0.6) is 5.75 Å². The van der Waals surface area contributed by atoms with Gasteiger partial charge in [0.05, 0.1) is 22.9 Å². The van der Waals surface area contributed by atoms with Gasteiger partial charge in [0.25, 0.3) is 0 Å². The third kappa shape index (κ3) is 3.18. The molecule has 1 saturated heterocycles. The first-order valence-corrected chi connectivity index (χ1v) is 6.50. The Labute approximate surface area is 121 Å². The average Bonchev–Trinajstić information content (AvgIpc) is 2.36. The van der Waals surface area contributed by atoms with E-state index in [1.165, 1.54) is 6.07 Å². The minimum absolute atomic E-state index is 0.107. The lowest BCUT2D eigenvalue weighted by Gasteiger charge is -2.33. The Hall–Kier alpha value is -1.30. The first-order chi connectivity index (χ1) is 9.01. The summed E-state index contributed by atoms with van der Waals surface area (Å²) in [5, 5.41) is 25.5. The first-order valence-electron chi connectivity index (χ1n) is 5.75. The number of piperazine rings is 1. The van der Waals surface area contributed by atoms with Gasteiger partial charge in [0.2, 0.25) is 0 Å². The Balaban J connectivity index is 2.08. The van der Waals surface area contributed by atoms with Gasteiger partial charge in [-0.05, 0) is 6.07 Å². The summed E-state index contributed by atoms with van der Waals surface area (Å²) in [7, 11) is 0. The Morgan fingerprint density at radius 1 is 1.26 bits per heavy atom. The van der Waals surface area contributed by atoms with Crippen molar-refractivity contribution in [2.45, 2.75) is 6.54 Å². The molecule has 1 aromatic rings. The van der Waals surface area contributed by atoms with Gasteiger partial charge in [-0.3, -0.25) is 15.7 Å². The van der Waals surface area contributed by atoms with Crippen LogP contribution < -0.4 is 0 Å². The largest absolute Gasteiger partial charge is 0.508 e. The molecule has 0 aromatic heterocycles. The number of nitrogens with zero attached hydrogens (tertiary/aromatic N) is 2. The number of benzene rings is 1. The van der Waals surface area contributed by atoms with Gasteiger partial charge in [0.1, 0.15) is 11.6 Å². The summed E-state index contributed by atoms with van der Waals surface area (Å²) in [6.45, 7) is 2.26. The van der Waals surface area contributed by atoms with Gasteiger partial charge < -0.3 is 10.0 Å². The molecule has 1 aromatic carbocycles. The first kappa shape index (κ1) is 14.1. The highest BCUT2D eigenvalue weighted by molar-refractivity contribution is 6.42. The molecule has 5 nitrogen and oxygen atoms in total. The summed E-state index contributed by atoms with van der Waals surface area (Å²) in [6, 6.07) is 3.07. The second-order valence-electron chi connectivity index (χ2n) is 4.37. The molecule has 0 saturated carbocycles. The topological polar surface area (TPSA) is 74.4 Å². The van der Waals surface area contributed by atoms with Crippen molar-refractivity contribution >= 4 is 35.4 Å². The fourth-order valence-electron chi connectivity index (χ4n) is 1.99. The molecule has 1 fully saturated rings. The second-order valence-corrected chi connectivity index (χ2v) is 5.19. The number of halogens is 2. The predicted octanol–water partition coefficient (Wildman–Crippen LogP) is 2.40. The van der Waals surface area contributed by atoms with Crippen molar-refractivity contribution in [3.63, 3.8) is 0 Å². The van der Waals surface area contributed by atoms with Crippen LogP contribution in [0.25, 0.3) is 0 Å². The maximum atomic E-state index is 9.84. The lowest BCUT2D eigenvalue weighted by atomic mass is 10.1. The van der Waals surface area contributed by atoms with E-state index in [0.717, 1.165) is 12.9 Å². The van der Waals surface area contributed by atoms with Crippen LogP contribution in [0.3, 0.4) is 0 Å². The van der Waals surface area contributed by atoms with Gasteiger partial charge in [0.15, 0.2) is 0 Å². The third-order valence-electron chi connectivity index (χ3n) is 3.05. The molecular formula is C12H14Cl2N4O. The van der Waals surface area contributed by atoms with Crippen molar-refractivity contribution in [2.75, 3.05) is 19.6 Å². The Kier molecular flexibility index (Phi) is 4.29. The highest BCUT2D eigenvalue weighted by Crippen LogP contribution is 2.30. The Morgan fingerprint density at radius 3 is 2.58 bits per heavy atom. The number of amidine groups is 1. The quantitative estimate of drug-likeness (QED) is 0.593. The van der Waals surface area contributed by atoms with E-state index in [2.05, 4.69) is 0 Å². The average molecular weight is 301 g/mol. The zero-order valence-corrected chi connectivity index (χ0v) is 11.7. The molecule has 1 aliphatic rings. The van der Waals surface area contributed by atoms with Crippen molar-refractivity contribution in [3.05, 3.63) is 27.7 Å². The van der Waals surface area contributed by atoms with Gasteiger partial charge in [-0.25, -0.2) is 0 Å². The van der Waals surface area contributed by atoms with Crippen molar-refractivity contribution < 1.29 is 5.11 Å². The molecule has 0 amide bonds. The van der Waals surface area contributed by atoms with Crippen LogP contribution in [0.2, 0.25) is 10.0 Å². The Morgan fingerprint density at radius 2 is 1.95 bits per heavy atom. The molecule has 19 heavy (non-hydrogen) atoms. The Bertz CT molecular complexity index is 521. The van der Waals surface area contributed by atoms with Gasteiger partial charge in [0, 0.05) is 31.3 Å². The van der Waals surface area contributed by atoms with Crippen molar-refractivity contribution in [1.29, 1.82) is 10.8 Å². The summed E-state index contributed by atoms with van der Waals surface area (Å²) in [4.78, 5) is 3.60. The van der Waals surface area contributed by atoms with Crippen molar-refractivity contribution in [2.24, 2.45) is 0 Å². The summed E-state index contributed by atoms with van der Waals surface area (Å²) < 4.78 is 0. The van der Waals surface area contributed by atoms with E-state index in [1.807, 2.05) is 4.90 Å². The van der Waals surface area contributed by atoms with Crippen LogP contribution in [0.15, 0.2) is 12.1 Å². The maximum absolute atomic E-state index is 9.84. The van der Waals surface area contributed by atoms with E-state index >= 15 is 0 Å². The monoisotopic (exact) mass is 300 g/mol. The lowest BCUT2D eigenvalue weighted by molar-refractivity contribution is 0.253. The number of phenols is 1. The van der Waals surface area contributed by atoms with Crippen LogP contribution in [0.4, 0.5) is 0 Å². The van der Waals surface area contributed by atoms with Gasteiger partial charge in [-0.1, -0.05) is 23.2 Å². The second kappa shape index (κ2) is 5.77. The van der Waals surface area contributed by atoms with Crippen LogP contribution in [0, 0.1) is 10.8 Å². The smallest absolute Gasteiger partial charge is 0.121 e. The highest BCUT2D eigenvalue weighted by Gasteiger charge is 2.20. The van der Waals surface area contributed by atoms with E-state index in [-0.39, 0.29) is 5.75 Å². The number of aromatic hydroxyl groups is 1. The number of hydrogen-bond donors (Lipinski definition) is 3. The van der Waals surface area contributed by atoms with Gasteiger partial charge >= 0.3 is 0 Å². The van der Waals surface area contributed by atoms with Gasteiger partial charge in [-0.2, -0.15) is 0 Å². The number of rotatable bonds is 3. The van der Waals surface area contributed by atoms with E-state index in [0.29, 0.717) is 41.1 Å². The minimum atomic E-state index is 0.107. The van der Waals surface area contributed by atoms with Gasteiger partial charge in [-0.15, -0.1) is 0 Å². The molecule has 0 aliphatic carbocycles. The molecule has 0 unspecified atom stereocenters. The molecule has 1 aliphatic heterocycles. The molecule has 102 valence electrons. The van der Waals surface area contributed by atoms with Crippen LogP contribution in [0.1, 0.15) is 5.56 Å². The lowest BCUT2D eigenvalue weighted by Crippen LogP contribution is -2.48. The highest BCUT2D eigenvalue weighted by atomic mass is 35.5. The zero-order valence-electron chi connectivity index (χ0n) is 10.2. The molecule has 0 atom stereocenters. The zero-order chi connectivity index (χ0) is 14.0. The molecule has 1 heterocycles. The van der Waals surface area contributed by atoms with E-state index in [4.69, 9.17) is 34.0 Å². The van der Waals surface area contributed by atoms with Crippen LogP contribution in [-0.2, 0) is 6.54 Å². The van der Waals surface area contributed by atoms with Crippen LogP contribution in [-0.4, -0.2) is 46.7 Å². The minimum Gasteiger partial charge on any atom is -0.508 e. The predicted molar refractivity (Wildman–Crippen MR) is 76.6 cm³/mol. The van der Waals surface area contributed by atoms with E-state index < -0.39 is 0 Å². The molecule has 0 spiro atoms. The normalized spacial score (nSPS) is 16.7. The summed E-state index contributed by atoms with van der Waals surface area (Å²) in [6.07, 6.45) is 1.16. The molecule has 3 N–H and O–H groups in total. The summed E-state index contributed by atoms with van der Waals surface area (Å²) in [5.74, 6) is 0.483. The summed E-state index contributed by atoms with van der Waals surface area (Å²) in [5.41, 5.74) is 0.686. The number of hydrogen-bond acceptors (Lipinski definition) is 4. The maximum Gasteiger partial charge on any atom is 0.121 e. The van der Waals surface area contributed by atoms with Crippen LogP contribution >= 0.6 is 23.2 Å². The number of phenolic OH excluding ortho intramolecular Hbond substituents is 1. The molecule has 7 heteroatoms. The SMILES string of the molecule is N=CN1CCN(Cc2cc(Cl)c(Cl)cc2O)CC1=N. The number of nitrogens with one attached hydrogen (secondary N) is 2. The standard InChI is InChI=1S/C12H14Cl2N4O/c13-9-3-8(11(19)4-10(9)14)5-17-1-2-18(7-15)12(16)6-17/h3-4,7,15-16,19H,1-2,5-6H2. The fourth-order valence-corrected chi connectivity index (χ4v) is 2.33. The van der Waals surface area contributed by atoms with E-state index in [1.54, 1.807) is 11.0 Å². The molecule has 0 radical (unpaired) electrons. The molecular weight excluding hydrogens is 287 g/mol. The molecule has 0 bridgehead atoms. The van der Waals surface area contributed by atoms with Crippen molar-refractivity contribution in [3.8, 4) is 5.75 Å². The fraction of sp³-hybridized carbons (Fsp3) is 0.333. The third-order valence-corrected chi connectivity index (χ3v) is 3.77. The molecule has 2 rings (SSSR count). The summed E-state index contributed by atoms with van der Waals surface area (Å²) >= 11 is 11.8. The van der Waals surface area contributed by atoms with Crippen molar-refractivity contribution in [1.82, 2.24) is 9.80 Å².